The number of methoxy groups -OCH3 is 1. The van der Waals surface area contributed by atoms with Crippen LogP contribution in [0, 0.1) is 0 Å². The summed E-state index contributed by atoms with van der Waals surface area (Å²) in [6, 6.07) is 12.5. The van der Waals surface area contributed by atoms with Crippen molar-refractivity contribution in [3.8, 4) is 5.75 Å². The summed E-state index contributed by atoms with van der Waals surface area (Å²) in [6.07, 6.45) is 0.244. The largest absolute Gasteiger partial charge is 0.496 e. The van der Waals surface area contributed by atoms with Crippen molar-refractivity contribution in [2.75, 3.05) is 12.4 Å². The van der Waals surface area contributed by atoms with Gasteiger partial charge in [-0.3, -0.25) is 9.59 Å². The molecule has 2 aromatic carbocycles. The molecule has 2 aromatic rings. The number of rotatable bonds is 6. The molecule has 0 fully saturated rings. The van der Waals surface area contributed by atoms with Gasteiger partial charge in [-0.15, -0.1) is 0 Å². The van der Waals surface area contributed by atoms with Gasteiger partial charge in [0.25, 0.3) is 0 Å². The molecule has 0 saturated carbocycles. The molecular weight excluding hydrogens is 328 g/mol. The number of carbonyl (C=O) groups excluding carboxylic acids is 2. The van der Waals surface area contributed by atoms with Gasteiger partial charge in [0.1, 0.15) is 5.75 Å². The second-order valence-corrected chi connectivity index (χ2v) is 5.73. The van der Waals surface area contributed by atoms with Crippen molar-refractivity contribution in [1.29, 1.82) is 0 Å². The van der Waals surface area contributed by atoms with E-state index in [0.717, 1.165) is 11.1 Å². The Labute approximate surface area is 146 Å². The van der Waals surface area contributed by atoms with Gasteiger partial charge in [-0.2, -0.15) is 0 Å². The molecule has 0 heterocycles. The van der Waals surface area contributed by atoms with E-state index in [1.807, 2.05) is 12.1 Å². The number of ether oxygens (including phenoxy) is 1. The number of anilines is 1. The highest BCUT2D eigenvalue weighted by atomic mass is 35.5. The van der Waals surface area contributed by atoms with Crippen LogP contribution in [0.5, 0.6) is 5.75 Å². The van der Waals surface area contributed by atoms with Crippen LogP contribution < -0.4 is 15.4 Å². The lowest BCUT2D eigenvalue weighted by molar-refractivity contribution is -0.120. The van der Waals surface area contributed by atoms with Crippen molar-refractivity contribution in [3.63, 3.8) is 0 Å². The van der Waals surface area contributed by atoms with Gasteiger partial charge in [-0.25, -0.2) is 0 Å². The summed E-state index contributed by atoms with van der Waals surface area (Å²) < 4.78 is 5.29. The zero-order valence-corrected chi connectivity index (χ0v) is 14.3. The van der Waals surface area contributed by atoms with Crippen LogP contribution in [0.4, 0.5) is 5.69 Å². The molecular formula is C18H19ClN2O3. The van der Waals surface area contributed by atoms with E-state index in [9.17, 15) is 9.59 Å². The molecule has 0 unspecified atom stereocenters. The Morgan fingerprint density at radius 1 is 1.17 bits per heavy atom. The molecule has 0 atom stereocenters. The fourth-order valence-corrected chi connectivity index (χ4v) is 2.50. The normalized spacial score (nSPS) is 10.1. The Kier molecular flexibility index (Phi) is 6.21. The summed E-state index contributed by atoms with van der Waals surface area (Å²) in [5.74, 6) is 0.368. The highest BCUT2D eigenvalue weighted by Gasteiger charge is 2.08. The van der Waals surface area contributed by atoms with Crippen LogP contribution in [-0.4, -0.2) is 18.9 Å². The monoisotopic (exact) mass is 346 g/mol. The third-order valence-electron chi connectivity index (χ3n) is 3.33. The maximum absolute atomic E-state index is 12.1. The van der Waals surface area contributed by atoms with Gasteiger partial charge in [-0.05, 0) is 35.9 Å². The highest BCUT2D eigenvalue weighted by molar-refractivity contribution is 6.30. The Morgan fingerprint density at radius 3 is 2.62 bits per heavy atom. The predicted octanol–water partition coefficient (Wildman–Crippen LogP) is 3.17. The lowest BCUT2D eigenvalue weighted by Crippen LogP contribution is -2.24. The Morgan fingerprint density at radius 2 is 1.96 bits per heavy atom. The van der Waals surface area contributed by atoms with Crippen LogP contribution in [0.1, 0.15) is 18.1 Å². The van der Waals surface area contributed by atoms with E-state index < -0.39 is 0 Å². The van der Waals surface area contributed by atoms with E-state index in [4.69, 9.17) is 16.3 Å². The second-order valence-electron chi connectivity index (χ2n) is 5.29. The zero-order chi connectivity index (χ0) is 17.5. The van der Waals surface area contributed by atoms with Crippen molar-refractivity contribution < 1.29 is 14.3 Å². The Bertz CT molecular complexity index is 747. The van der Waals surface area contributed by atoms with E-state index in [1.165, 1.54) is 6.92 Å². The molecule has 2 rings (SSSR count). The maximum atomic E-state index is 12.1. The van der Waals surface area contributed by atoms with Crippen molar-refractivity contribution in [2.45, 2.75) is 19.9 Å². The van der Waals surface area contributed by atoms with E-state index in [0.29, 0.717) is 23.0 Å². The number of hydrogen-bond acceptors (Lipinski definition) is 3. The first-order chi connectivity index (χ1) is 11.5. The number of carbonyl (C=O) groups is 2. The van der Waals surface area contributed by atoms with E-state index in [-0.39, 0.29) is 18.2 Å². The molecule has 0 radical (unpaired) electrons. The molecule has 2 N–H and O–H groups in total. The van der Waals surface area contributed by atoms with Crippen LogP contribution >= 0.6 is 11.6 Å². The summed E-state index contributed by atoms with van der Waals surface area (Å²) in [5, 5.41) is 6.16. The maximum Gasteiger partial charge on any atom is 0.224 e. The average Bonchev–Trinajstić information content (AvgIpc) is 2.52. The Balaban J connectivity index is 2.01. The number of hydrogen-bond donors (Lipinski definition) is 2. The standard InChI is InChI=1S/C18H19ClN2O3/c1-12(22)21-16-6-7-17(24-2)14(10-16)11-20-18(23)9-13-4-3-5-15(19)8-13/h3-8,10H,9,11H2,1-2H3,(H,20,23)(H,21,22). The number of nitrogens with one attached hydrogen (secondary N) is 2. The summed E-state index contributed by atoms with van der Waals surface area (Å²) in [6.45, 7) is 1.74. The zero-order valence-electron chi connectivity index (χ0n) is 13.6. The molecule has 0 aliphatic heterocycles. The van der Waals surface area contributed by atoms with Crippen LogP contribution in [0.3, 0.4) is 0 Å². The van der Waals surface area contributed by atoms with E-state index >= 15 is 0 Å². The topological polar surface area (TPSA) is 67.4 Å². The van der Waals surface area contributed by atoms with Crippen LogP contribution in [-0.2, 0) is 22.6 Å². The first kappa shape index (κ1) is 17.8. The molecule has 2 amide bonds. The minimum atomic E-state index is -0.156. The first-order valence-electron chi connectivity index (χ1n) is 7.43. The van der Waals surface area contributed by atoms with Crippen molar-refractivity contribution in [1.82, 2.24) is 5.32 Å². The van der Waals surface area contributed by atoms with E-state index in [1.54, 1.807) is 37.4 Å². The van der Waals surface area contributed by atoms with Gasteiger partial charge in [0.05, 0.1) is 13.5 Å². The van der Waals surface area contributed by atoms with Gasteiger partial charge in [0, 0.05) is 29.7 Å². The molecule has 0 saturated heterocycles. The van der Waals surface area contributed by atoms with Gasteiger partial charge in [0.15, 0.2) is 0 Å². The summed E-state index contributed by atoms with van der Waals surface area (Å²) >= 11 is 5.92. The van der Waals surface area contributed by atoms with Crippen molar-refractivity contribution in [2.24, 2.45) is 0 Å². The fourth-order valence-electron chi connectivity index (χ4n) is 2.29. The second kappa shape index (κ2) is 8.36. The van der Waals surface area contributed by atoms with E-state index in [2.05, 4.69) is 10.6 Å². The minimum absolute atomic E-state index is 0.121. The van der Waals surface area contributed by atoms with Crippen LogP contribution in [0.2, 0.25) is 5.02 Å². The lowest BCUT2D eigenvalue weighted by Gasteiger charge is -2.12. The first-order valence-corrected chi connectivity index (χ1v) is 7.81. The predicted molar refractivity (Wildman–Crippen MR) is 94.3 cm³/mol. The third kappa shape index (κ3) is 5.28. The highest BCUT2D eigenvalue weighted by Crippen LogP contribution is 2.22. The quantitative estimate of drug-likeness (QED) is 0.844. The SMILES string of the molecule is COc1ccc(NC(C)=O)cc1CNC(=O)Cc1cccc(Cl)c1. The van der Waals surface area contributed by atoms with Gasteiger partial charge in [0.2, 0.25) is 11.8 Å². The summed E-state index contributed by atoms with van der Waals surface area (Å²) in [5.41, 5.74) is 2.28. The van der Waals surface area contributed by atoms with Gasteiger partial charge >= 0.3 is 0 Å². The van der Waals surface area contributed by atoms with Crippen LogP contribution in [0.15, 0.2) is 42.5 Å². The molecule has 0 spiro atoms. The smallest absolute Gasteiger partial charge is 0.224 e. The van der Waals surface area contributed by atoms with Crippen molar-refractivity contribution in [3.05, 3.63) is 58.6 Å². The van der Waals surface area contributed by atoms with Crippen molar-refractivity contribution >= 4 is 29.1 Å². The summed E-state index contributed by atoms with van der Waals surface area (Å²) in [4.78, 5) is 23.2. The molecule has 126 valence electrons. The lowest BCUT2D eigenvalue weighted by atomic mass is 10.1. The average molecular weight is 347 g/mol. The molecule has 0 bridgehead atoms. The molecule has 0 aliphatic rings. The number of benzene rings is 2. The number of amides is 2. The minimum Gasteiger partial charge on any atom is -0.496 e. The summed E-state index contributed by atoms with van der Waals surface area (Å²) in [7, 11) is 1.56. The van der Waals surface area contributed by atoms with Gasteiger partial charge < -0.3 is 15.4 Å². The molecule has 5 nitrogen and oxygen atoms in total. The molecule has 24 heavy (non-hydrogen) atoms. The molecule has 6 heteroatoms. The number of halogens is 1. The Hall–Kier alpha value is -2.53. The molecule has 0 aromatic heterocycles. The van der Waals surface area contributed by atoms with Gasteiger partial charge in [-0.1, -0.05) is 23.7 Å². The fraction of sp³-hybridized carbons (Fsp3) is 0.222. The molecule has 0 aliphatic carbocycles. The third-order valence-corrected chi connectivity index (χ3v) is 3.57. The van der Waals surface area contributed by atoms with Crippen LogP contribution in [0.25, 0.3) is 0 Å².